The molecule has 2 aromatic rings. The number of aliphatic imine (C=N–C) groups is 1. The van der Waals surface area contributed by atoms with E-state index in [0.29, 0.717) is 25.0 Å². The van der Waals surface area contributed by atoms with Crippen molar-refractivity contribution in [1.82, 2.24) is 15.8 Å². The van der Waals surface area contributed by atoms with Crippen LogP contribution in [0.4, 0.5) is 0 Å². The van der Waals surface area contributed by atoms with Crippen LogP contribution in [0.25, 0.3) is 0 Å². The molecule has 2 aromatic heterocycles. The highest BCUT2D eigenvalue weighted by Gasteiger charge is 2.07. The molecule has 0 aromatic carbocycles. The molecule has 7 heteroatoms. The van der Waals surface area contributed by atoms with Crippen LogP contribution < -0.4 is 10.6 Å². The van der Waals surface area contributed by atoms with Crippen molar-refractivity contribution in [2.24, 2.45) is 4.99 Å². The molecular weight excluding hydrogens is 419 g/mol. The van der Waals surface area contributed by atoms with Crippen LogP contribution in [0.2, 0.25) is 0 Å². The molecule has 0 aliphatic carbocycles. The molecule has 0 spiro atoms. The molecule has 0 atom stereocenters. The Morgan fingerprint density at radius 1 is 1.38 bits per heavy atom. The summed E-state index contributed by atoms with van der Waals surface area (Å²) in [6.45, 7) is 9.67. The second-order valence-corrected chi connectivity index (χ2v) is 5.46. The molecule has 0 fully saturated rings. The van der Waals surface area contributed by atoms with Crippen LogP contribution in [0.3, 0.4) is 0 Å². The number of halogens is 1. The van der Waals surface area contributed by atoms with E-state index in [0.717, 1.165) is 30.2 Å². The van der Waals surface area contributed by atoms with Gasteiger partial charge in [0.05, 0.1) is 12.0 Å². The van der Waals surface area contributed by atoms with Gasteiger partial charge in [0.15, 0.2) is 11.7 Å². The summed E-state index contributed by atoms with van der Waals surface area (Å²) in [5.41, 5.74) is 0.946. The first-order chi connectivity index (χ1) is 11.2. The number of rotatable bonds is 8. The molecule has 0 unspecified atom stereocenters. The van der Waals surface area contributed by atoms with Crippen LogP contribution in [-0.4, -0.2) is 24.2 Å². The molecule has 0 aliphatic rings. The van der Waals surface area contributed by atoms with E-state index in [-0.39, 0.29) is 24.0 Å². The Bertz CT molecular complexity index is 620. The van der Waals surface area contributed by atoms with Crippen molar-refractivity contribution in [2.45, 2.75) is 32.7 Å². The Labute approximate surface area is 159 Å². The van der Waals surface area contributed by atoms with Gasteiger partial charge in [-0.2, -0.15) is 0 Å². The molecule has 0 bridgehead atoms. The minimum atomic E-state index is 0. The van der Waals surface area contributed by atoms with Crippen LogP contribution in [0.1, 0.15) is 37.0 Å². The quantitative estimate of drug-likeness (QED) is 0.282. The summed E-state index contributed by atoms with van der Waals surface area (Å²) >= 11 is 0. The van der Waals surface area contributed by atoms with Crippen molar-refractivity contribution < 1.29 is 8.94 Å². The maximum atomic E-state index is 5.31. The van der Waals surface area contributed by atoms with E-state index >= 15 is 0 Å². The van der Waals surface area contributed by atoms with Crippen molar-refractivity contribution >= 4 is 29.9 Å². The first kappa shape index (κ1) is 20.3. The molecule has 0 saturated carbocycles. The lowest BCUT2D eigenvalue weighted by Crippen LogP contribution is -2.38. The van der Waals surface area contributed by atoms with Crippen LogP contribution in [0.15, 0.2) is 51.0 Å². The molecule has 0 radical (unpaired) electrons. The van der Waals surface area contributed by atoms with Gasteiger partial charge in [0, 0.05) is 25.6 Å². The van der Waals surface area contributed by atoms with Crippen LogP contribution in [-0.2, 0) is 13.0 Å². The smallest absolute Gasteiger partial charge is 0.191 e. The number of aromatic nitrogens is 1. The van der Waals surface area contributed by atoms with Crippen molar-refractivity contribution in [3.05, 3.63) is 54.3 Å². The number of hydrogen-bond donors (Lipinski definition) is 2. The zero-order chi connectivity index (χ0) is 16.5. The van der Waals surface area contributed by atoms with Crippen molar-refractivity contribution in [3.8, 4) is 0 Å². The molecule has 6 nitrogen and oxygen atoms in total. The summed E-state index contributed by atoms with van der Waals surface area (Å²) in [5, 5.41) is 10.5. The van der Waals surface area contributed by atoms with Crippen molar-refractivity contribution in [3.63, 3.8) is 0 Å². The Kier molecular flexibility index (Phi) is 9.21. The number of hydrogen-bond acceptors (Lipinski definition) is 4. The largest absolute Gasteiger partial charge is 0.469 e. The van der Waals surface area contributed by atoms with E-state index in [4.69, 9.17) is 8.94 Å². The van der Waals surface area contributed by atoms with Gasteiger partial charge in [0.1, 0.15) is 12.3 Å². The van der Waals surface area contributed by atoms with Gasteiger partial charge in [-0.05, 0) is 18.1 Å². The predicted molar refractivity (Wildman–Crippen MR) is 106 cm³/mol. The lowest BCUT2D eigenvalue weighted by Gasteiger charge is -2.10. The van der Waals surface area contributed by atoms with Gasteiger partial charge in [0.2, 0.25) is 0 Å². The molecule has 0 amide bonds. The van der Waals surface area contributed by atoms with E-state index in [1.54, 1.807) is 12.3 Å². The first-order valence-corrected chi connectivity index (χ1v) is 7.80. The normalized spacial score (nSPS) is 11.2. The van der Waals surface area contributed by atoms with Gasteiger partial charge in [-0.25, -0.2) is 4.99 Å². The number of furan rings is 1. The fourth-order valence-electron chi connectivity index (χ4n) is 1.93. The lowest BCUT2D eigenvalue weighted by molar-refractivity contribution is 0.376. The molecule has 2 heterocycles. The number of nitrogens with one attached hydrogen (secondary N) is 2. The topological polar surface area (TPSA) is 75.6 Å². The average Bonchev–Trinajstić information content (AvgIpc) is 3.20. The van der Waals surface area contributed by atoms with Gasteiger partial charge >= 0.3 is 0 Å². The molecule has 24 heavy (non-hydrogen) atoms. The van der Waals surface area contributed by atoms with E-state index in [1.165, 1.54) is 0 Å². The summed E-state index contributed by atoms with van der Waals surface area (Å²) in [5.74, 6) is 2.75. The predicted octanol–water partition coefficient (Wildman–Crippen LogP) is 3.47. The molecule has 0 saturated heterocycles. The SMILES string of the molecule is C=CCNC(=NCc1cc(C(C)C)no1)NCCc1ccco1.I. The van der Waals surface area contributed by atoms with E-state index in [1.807, 2.05) is 18.2 Å². The van der Waals surface area contributed by atoms with Gasteiger partial charge in [-0.15, -0.1) is 30.6 Å². The Morgan fingerprint density at radius 2 is 2.21 bits per heavy atom. The van der Waals surface area contributed by atoms with Gasteiger partial charge < -0.3 is 19.6 Å². The highest BCUT2D eigenvalue weighted by atomic mass is 127. The third-order valence-electron chi connectivity index (χ3n) is 3.22. The summed E-state index contributed by atoms with van der Waals surface area (Å²) in [6.07, 6.45) is 4.26. The van der Waals surface area contributed by atoms with Gasteiger partial charge in [-0.1, -0.05) is 25.1 Å². The highest BCUT2D eigenvalue weighted by Crippen LogP contribution is 2.14. The Hall–Kier alpha value is -1.77. The van der Waals surface area contributed by atoms with Crippen LogP contribution in [0, 0.1) is 0 Å². The first-order valence-electron chi connectivity index (χ1n) is 7.80. The summed E-state index contributed by atoms with van der Waals surface area (Å²) in [6, 6.07) is 5.79. The van der Waals surface area contributed by atoms with E-state index < -0.39 is 0 Å². The average molecular weight is 444 g/mol. The molecular formula is C17H25IN4O2. The second-order valence-electron chi connectivity index (χ2n) is 5.46. The monoisotopic (exact) mass is 444 g/mol. The summed E-state index contributed by atoms with van der Waals surface area (Å²) < 4.78 is 10.6. The summed E-state index contributed by atoms with van der Waals surface area (Å²) in [4.78, 5) is 4.51. The van der Waals surface area contributed by atoms with Gasteiger partial charge in [-0.3, -0.25) is 0 Å². The number of guanidine groups is 1. The van der Waals surface area contributed by atoms with E-state index in [9.17, 15) is 0 Å². The maximum Gasteiger partial charge on any atom is 0.191 e. The van der Waals surface area contributed by atoms with Gasteiger partial charge in [0.25, 0.3) is 0 Å². The van der Waals surface area contributed by atoms with Crippen LogP contribution >= 0.6 is 24.0 Å². The fraction of sp³-hybridized carbons (Fsp3) is 0.412. The lowest BCUT2D eigenvalue weighted by atomic mass is 10.1. The minimum absolute atomic E-state index is 0. The third-order valence-corrected chi connectivity index (χ3v) is 3.22. The van der Waals surface area contributed by atoms with Crippen molar-refractivity contribution in [1.29, 1.82) is 0 Å². The maximum absolute atomic E-state index is 5.31. The molecule has 2 rings (SSSR count). The fourth-order valence-corrected chi connectivity index (χ4v) is 1.93. The standard InChI is InChI=1S/C17H24N4O2.HI/c1-4-8-18-17(19-9-7-14-6-5-10-22-14)20-12-15-11-16(13(2)3)21-23-15;/h4-6,10-11,13H,1,7-9,12H2,2-3H3,(H2,18,19,20);1H. The highest BCUT2D eigenvalue weighted by molar-refractivity contribution is 14.0. The molecule has 132 valence electrons. The zero-order valence-electron chi connectivity index (χ0n) is 14.1. The third kappa shape index (κ3) is 6.77. The zero-order valence-corrected chi connectivity index (χ0v) is 16.4. The molecule has 0 aliphatic heterocycles. The van der Waals surface area contributed by atoms with Crippen LogP contribution in [0.5, 0.6) is 0 Å². The van der Waals surface area contributed by atoms with E-state index in [2.05, 4.69) is 41.2 Å². The summed E-state index contributed by atoms with van der Waals surface area (Å²) in [7, 11) is 0. The minimum Gasteiger partial charge on any atom is -0.469 e. The van der Waals surface area contributed by atoms with Crippen molar-refractivity contribution in [2.75, 3.05) is 13.1 Å². The molecule has 2 N–H and O–H groups in total. The number of nitrogens with zero attached hydrogens (tertiary/aromatic N) is 2. The Morgan fingerprint density at radius 3 is 2.83 bits per heavy atom. The Balaban J connectivity index is 0.00000288. The second kappa shape index (κ2) is 10.9.